The van der Waals surface area contributed by atoms with Crippen molar-refractivity contribution in [3.8, 4) is 10.6 Å². The highest BCUT2D eigenvalue weighted by atomic mass is 32.2. The number of nitrogens with zero attached hydrogens (tertiary/aromatic N) is 2. The third kappa shape index (κ3) is 4.42. The maximum Gasteiger partial charge on any atom is 0.256 e. The van der Waals surface area contributed by atoms with Gasteiger partial charge in [0.25, 0.3) is 5.91 Å². The highest BCUT2D eigenvalue weighted by Gasteiger charge is 2.25. The van der Waals surface area contributed by atoms with E-state index in [1.807, 2.05) is 17.5 Å². The first-order valence-corrected chi connectivity index (χ1v) is 11.9. The van der Waals surface area contributed by atoms with Gasteiger partial charge in [0, 0.05) is 24.7 Å². The van der Waals surface area contributed by atoms with Crippen LogP contribution in [0.15, 0.2) is 52.7 Å². The van der Waals surface area contributed by atoms with Crippen LogP contribution in [0.4, 0.5) is 5.82 Å². The first-order chi connectivity index (χ1) is 14.0. The Morgan fingerprint density at radius 2 is 1.86 bits per heavy atom. The number of carbonyl (C=O) groups excluding carboxylic acids is 1. The Morgan fingerprint density at radius 1 is 1.07 bits per heavy atom. The largest absolute Gasteiger partial charge is 0.305 e. The molecule has 152 valence electrons. The van der Waals surface area contributed by atoms with Crippen LogP contribution in [-0.4, -0.2) is 41.9 Å². The van der Waals surface area contributed by atoms with Crippen LogP contribution in [0, 0.1) is 0 Å². The lowest BCUT2D eigenvalue weighted by Gasteiger charge is -2.20. The molecule has 1 aliphatic rings. The number of rotatable bonds is 5. The number of aromatic amines is 1. The van der Waals surface area contributed by atoms with E-state index in [4.69, 9.17) is 0 Å². The summed E-state index contributed by atoms with van der Waals surface area (Å²) < 4.78 is 27.5. The summed E-state index contributed by atoms with van der Waals surface area (Å²) >= 11 is 1.57. The minimum atomic E-state index is -3.61. The number of aromatic nitrogens is 2. The van der Waals surface area contributed by atoms with Crippen LogP contribution in [-0.2, 0) is 10.0 Å². The van der Waals surface area contributed by atoms with Gasteiger partial charge in [-0.1, -0.05) is 25.0 Å². The van der Waals surface area contributed by atoms with Gasteiger partial charge in [-0.15, -0.1) is 11.3 Å². The summed E-state index contributed by atoms with van der Waals surface area (Å²) in [7, 11) is -3.61. The van der Waals surface area contributed by atoms with Gasteiger partial charge in [-0.2, -0.15) is 9.40 Å². The van der Waals surface area contributed by atoms with Gasteiger partial charge in [0.1, 0.15) is 0 Å². The zero-order valence-corrected chi connectivity index (χ0v) is 17.4. The molecule has 1 aliphatic heterocycles. The van der Waals surface area contributed by atoms with Gasteiger partial charge >= 0.3 is 0 Å². The summed E-state index contributed by atoms with van der Waals surface area (Å²) in [6.07, 6.45) is 3.83. The van der Waals surface area contributed by atoms with Gasteiger partial charge in [0.05, 0.1) is 15.5 Å². The molecular weight excluding hydrogens is 408 g/mol. The van der Waals surface area contributed by atoms with Crippen molar-refractivity contribution in [3.63, 3.8) is 0 Å². The normalized spacial score (nSPS) is 15.7. The summed E-state index contributed by atoms with van der Waals surface area (Å²) in [4.78, 5) is 13.8. The lowest BCUT2D eigenvalue weighted by atomic mass is 10.2. The molecule has 7 nitrogen and oxygen atoms in total. The van der Waals surface area contributed by atoms with Crippen molar-refractivity contribution < 1.29 is 13.2 Å². The Morgan fingerprint density at radius 3 is 2.59 bits per heavy atom. The van der Waals surface area contributed by atoms with Gasteiger partial charge in [-0.05, 0) is 42.5 Å². The molecule has 0 atom stereocenters. The highest BCUT2D eigenvalue weighted by Crippen LogP contribution is 2.25. The van der Waals surface area contributed by atoms with E-state index < -0.39 is 15.9 Å². The average molecular weight is 431 g/mol. The topological polar surface area (TPSA) is 95.2 Å². The average Bonchev–Trinajstić information content (AvgIpc) is 3.34. The maximum absolute atomic E-state index is 13.0. The molecule has 1 aromatic carbocycles. The molecule has 2 N–H and O–H groups in total. The van der Waals surface area contributed by atoms with E-state index in [0.29, 0.717) is 18.9 Å². The van der Waals surface area contributed by atoms with Crippen molar-refractivity contribution >= 4 is 33.1 Å². The molecule has 4 rings (SSSR count). The minimum absolute atomic E-state index is 0.147. The number of amides is 1. The first-order valence-electron chi connectivity index (χ1n) is 9.55. The van der Waals surface area contributed by atoms with Crippen molar-refractivity contribution in [3.05, 3.63) is 53.4 Å². The summed E-state index contributed by atoms with van der Waals surface area (Å²) in [6.45, 7) is 1.05. The molecule has 1 amide bonds. The Labute approximate surface area is 173 Å². The van der Waals surface area contributed by atoms with Crippen LogP contribution >= 0.6 is 11.3 Å². The van der Waals surface area contributed by atoms with E-state index in [-0.39, 0.29) is 10.5 Å². The van der Waals surface area contributed by atoms with E-state index in [1.165, 1.54) is 10.4 Å². The fourth-order valence-corrected chi connectivity index (χ4v) is 5.62. The Hall–Kier alpha value is -2.49. The number of nitrogens with one attached hydrogen (secondary N) is 2. The van der Waals surface area contributed by atoms with Crippen LogP contribution in [0.5, 0.6) is 0 Å². The molecule has 29 heavy (non-hydrogen) atoms. The van der Waals surface area contributed by atoms with Crippen molar-refractivity contribution in [1.82, 2.24) is 14.5 Å². The predicted molar refractivity (Wildman–Crippen MR) is 114 cm³/mol. The molecule has 9 heteroatoms. The number of anilines is 1. The van der Waals surface area contributed by atoms with E-state index in [2.05, 4.69) is 15.5 Å². The minimum Gasteiger partial charge on any atom is -0.305 e. The molecule has 0 saturated carbocycles. The van der Waals surface area contributed by atoms with Gasteiger partial charge in [-0.3, -0.25) is 9.89 Å². The van der Waals surface area contributed by atoms with Gasteiger partial charge < -0.3 is 5.32 Å². The third-order valence-corrected chi connectivity index (χ3v) is 7.70. The van der Waals surface area contributed by atoms with Crippen molar-refractivity contribution in [2.75, 3.05) is 18.4 Å². The Kier molecular flexibility index (Phi) is 5.79. The summed E-state index contributed by atoms with van der Waals surface area (Å²) in [5, 5.41) is 11.7. The molecule has 0 radical (unpaired) electrons. The number of hydrogen-bond acceptors (Lipinski definition) is 5. The van der Waals surface area contributed by atoms with Gasteiger partial charge in [-0.25, -0.2) is 8.42 Å². The lowest BCUT2D eigenvalue weighted by Crippen LogP contribution is -2.32. The SMILES string of the molecule is O=C(Nc1cc(-c2cccs2)[nH]n1)c1cccc(S(=O)(=O)N2CCCCCC2)c1. The van der Waals surface area contributed by atoms with Crippen LogP contribution in [0.3, 0.4) is 0 Å². The number of benzene rings is 1. The Bertz CT molecular complexity index is 1080. The fourth-order valence-electron chi connectivity index (χ4n) is 3.36. The summed E-state index contributed by atoms with van der Waals surface area (Å²) in [5.41, 5.74) is 1.09. The second kappa shape index (κ2) is 8.48. The van der Waals surface area contributed by atoms with Crippen LogP contribution in [0.2, 0.25) is 0 Å². The number of sulfonamides is 1. The van der Waals surface area contributed by atoms with Crippen molar-refractivity contribution in [2.45, 2.75) is 30.6 Å². The first kappa shape index (κ1) is 19.8. The van der Waals surface area contributed by atoms with E-state index in [0.717, 1.165) is 36.3 Å². The number of H-pyrrole nitrogens is 1. The van der Waals surface area contributed by atoms with Crippen LogP contribution < -0.4 is 5.32 Å². The fraction of sp³-hybridized carbons (Fsp3) is 0.300. The van der Waals surface area contributed by atoms with Crippen molar-refractivity contribution in [2.24, 2.45) is 0 Å². The second-order valence-electron chi connectivity index (χ2n) is 6.94. The molecular formula is C20H22N4O3S2. The second-order valence-corrected chi connectivity index (χ2v) is 9.83. The van der Waals surface area contributed by atoms with E-state index in [9.17, 15) is 13.2 Å². The molecule has 0 unspecified atom stereocenters. The maximum atomic E-state index is 13.0. The molecule has 0 aliphatic carbocycles. The van der Waals surface area contributed by atoms with E-state index in [1.54, 1.807) is 35.6 Å². The predicted octanol–water partition coefficient (Wildman–Crippen LogP) is 3.96. The third-order valence-electron chi connectivity index (χ3n) is 4.91. The van der Waals surface area contributed by atoms with Crippen LogP contribution in [0.1, 0.15) is 36.0 Å². The number of carbonyl (C=O) groups is 1. The van der Waals surface area contributed by atoms with Crippen molar-refractivity contribution in [1.29, 1.82) is 0 Å². The summed E-state index contributed by atoms with van der Waals surface area (Å²) in [6, 6.07) is 11.8. The Balaban J connectivity index is 1.51. The van der Waals surface area contributed by atoms with Crippen LogP contribution in [0.25, 0.3) is 10.6 Å². The van der Waals surface area contributed by atoms with E-state index >= 15 is 0 Å². The van der Waals surface area contributed by atoms with Gasteiger partial charge in [0.2, 0.25) is 10.0 Å². The number of thiophene rings is 1. The smallest absolute Gasteiger partial charge is 0.256 e. The van der Waals surface area contributed by atoms with Gasteiger partial charge in [0.15, 0.2) is 5.82 Å². The molecule has 0 spiro atoms. The quantitative estimate of drug-likeness (QED) is 0.641. The lowest BCUT2D eigenvalue weighted by molar-refractivity contribution is 0.102. The zero-order valence-electron chi connectivity index (χ0n) is 15.8. The molecule has 2 aromatic heterocycles. The molecule has 1 saturated heterocycles. The summed E-state index contributed by atoms with van der Waals surface area (Å²) in [5.74, 6) is -0.0127. The molecule has 0 bridgehead atoms. The zero-order chi connectivity index (χ0) is 20.3. The highest BCUT2D eigenvalue weighted by molar-refractivity contribution is 7.89. The monoisotopic (exact) mass is 430 g/mol. The molecule has 1 fully saturated rings. The standard InChI is InChI=1S/C20H22N4O3S2/c25-20(21-19-14-17(22-23-19)18-9-6-12-28-18)15-7-5-8-16(13-15)29(26,27)24-10-3-1-2-4-11-24/h5-9,12-14H,1-4,10-11H2,(H2,21,22,23,25). The molecule has 3 aromatic rings. The number of hydrogen-bond donors (Lipinski definition) is 2. The molecule has 3 heterocycles.